The van der Waals surface area contributed by atoms with Crippen molar-refractivity contribution >= 4 is 17.2 Å². The highest BCUT2D eigenvalue weighted by molar-refractivity contribution is 5.57. The number of aryl methyl sites for hydroxylation is 1. The highest BCUT2D eigenvalue weighted by Gasteiger charge is 2.26. The van der Waals surface area contributed by atoms with E-state index in [4.69, 9.17) is 5.73 Å². The van der Waals surface area contributed by atoms with E-state index in [-0.39, 0.29) is 5.69 Å². The summed E-state index contributed by atoms with van der Waals surface area (Å²) in [5.41, 5.74) is 9.03. The van der Waals surface area contributed by atoms with Crippen molar-refractivity contribution in [3.05, 3.63) is 45.6 Å². The van der Waals surface area contributed by atoms with Gasteiger partial charge >= 0.3 is 0 Å². The second-order valence-corrected chi connectivity index (χ2v) is 4.56. The summed E-state index contributed by atoms with van der Waals surface area (Å²) in [5.74, 6) is 0.557. The third-order valence-corrected chi connectivity index (χ3v) is 3.42. The molecule has 1 aliphatic rings. The van der Waals surface area contributed by atoms with E-state index in [2.05, 4.69) is 10.00 Å². The summed E-state index contributed by atoms with van der Waals surface area (Å²) in [5, 5.41) is 14.8. The number of fused-ring (bicyclic) bond motifs is 1. The summed E-state index contributed by atoms with van der Waals surface area (Å²) in [7, 11) is 1.87. The molecule has 1 aromatic carbocycles. The largest absolute Gasteiger partial charge is 0.382 e. The molecule has 0 unspecified atom stereocenters. The van der Waals surface area contributed by atoms with Crippen LogP contribution in [0, 0.1) is 10.1 Å². The molecule has 98 valence electrons. The lowest BCUT2D eigenvalue weighted by Crippen LogP contribution is -2.16. The highest BCUT2D eigenvalue weighted by atomic mass is 16.6. The third kappa shape index (κ3) is 1.79. The SMILES string of the molecule is Cn1nc(N)c2c1CN(c1ccc([N+](=O)[O-])cc1)C2. The minimum atomic E-state index is -0.398. The van der Waals surface area contributed by atoms with Crippen LogP contribution in [0.3, 0.4) is 0 Å². The van der Waals surface area contributed by atoms with E-state index in [0.29, 0.717) is 18.9 Å². The zero-order chi connectivity index (χ0) is 13.6. The van der Waals surface area contributed by atoms with Crippen LogP contribution in [0.15, 0.2) is 24.3 Å². The Morgan fingerprint density at radius 1 is 1.32 bits per heavy atom. The number of nitro groups is 1. The van der Waals surface area contributed by atoms with E-state index in [1.165, 1.54) is 12.1 Å². The van der Waals surface area contributed by atoms with Crippen molar-refractivity contribution in [1.82, 2.24) is 9.78 Å². The van der Waals surface area contributed by atoms with Crippen molar-refractivity contribution in [3.63, 3.8) is 0 Å². The summed E-state index contributed by atoms with van der Waals surface area (Å²) in [6.07, 6.45) is 0. The smallest absolute Gasteiger partial charge is 0.269 e. The lowest BCUT2D eigenvalue weighted by atomic mass is 10.2. The standard InChI is InChI=1S/C12H13N5O2/c1-15-11-7-16(6-10(11)12(13)14-15)8-2-4-9(5-3-8)17(18)19/h2-5H,6-7H2,1H3,(H2,13,14). The maximum absolute atomic E-state index is 10.6. The molecule has 2 N–H and O–H groups in total. The van der Waals surface area contributed by atoms with Crippen LogP contribution in [0.4, 0.5) is 17.2 Å². The normalized spacial score (nSPS) is 13.6. The number of nitrogens with zero attached hydrogens (tertiary/aromatic N) is 4. The van der Waals surface area contributed by atoms with Gasteiger partial charge in [-0.15, -0.1) is 0 Å². The van der Waals surface area contributed by atoms with Gasteiger partial charge in [0.2, 0.25) is 0 Å². The van der Waals surface area contributed by atoms with Crippen molar-refractivity contribution in [3.8, 4) is 0 Å². The van der Waals surface area contributed by atoms with Crippen molar-refractivity contribution in [2.45, 2.75) is 13.1 Å². The number of nitrogen functional groups attached to an aromatic ring is 1. The molecule has 0 saturated heterocycles. The molecule has 1 aromatic heterocycles. The van der Waals surface area contributed by atoms with Gasteiger partial charge in [0.1, 0.15) is 0 Å². The van der Waals surface area contributed by atoms with Crippen molar-refractivity contribution in [2.24, 2.45) is 7.05 Å². The summed E-state index contributed by atoms with van der Waals surface area (Å²) in [4.78, 5) is 12.3. The summed E-state index contributed by atoms with van der Waals surface area (Å²) in [6, 6.07) is 6.54. The minimum Gasteiger partial charge on any atom is -0.382 e. The second-order valence-electron chi connectivity index (χ2n) is 4.56. The zero-order valence-electron chi connectivity index (χ0n) is 10.4. The molecule has 7 heteroatoms. The fourth-order valence-corrected chi connectivity index (χ4v) is 2.39. The molecule has 0 atom stereocenters. The Morgan fingerprint density at radius 2 is 2.00 bits per heavy atom. The predicted octanol–water partition coefficient (Wildman–Crippen LogP) is 1.43. The number of hydrogen-bond donors (Lipinski definition) is 1. The molecule has 2 heterocycles. The molecule has 0 bridgehead atoms. The number of nitro benzene ring substituents is 1. The molecular weight excluding hydrogens is 246 g/mol. The van der Waals surface area contributed by atoms with Crippen LogP contribution < -0.4 is 10.6 Å². The van der Waals surface area contributed by atoms with Crippen LogP contribution in [0.2, 0.25) is 0 Å². The molecule has 0 aliphatic carbocycles. The van der Waals surface area contributed by atoms with Gasteiger partial charge in [-0.25, -0.2) is 0 Å². The average molecular weight is 259 g/mol. The Hall–Kier alpha value is -2.57. The topological polar surface area (TPSA) is 90.2 Å². The van der Waals surface area contributed by atoms with Gasteiger partial charge in [-0.1, -0.05) is 0 Å². The number of nitrogens with two attached hydrogens (primary N) is 1. The van der Waals surface area contributed by atoms with E-state index < -0.39 is 4.92 Å². The first-order chi connectivity index (χ1) is 9.06. The van der Waals surface area contributed by atoms with Gasteiger partial charge in [-0.05, 0) is 12.1 Å². The van der Waals surface area contributed by atoms with Crippen LogP contribution >= 0.6 is 0 Å². The molecule has 19 heavy (non-hydrogen) atoms. The third-order valence-electron chi connectivity index (χ3n) is 3.42. The minimum absolute atomic E-state index is 0.0987. The molecule has 2 aromatic rings. The fraction of sp³-hybridized carbons (Fsp3) is 0.250. The Labute approximate surface area is 109 Å². The molecule has 0 spiro atoms. The molecule has 3 rings (SSSR count). The summed E-state index contributed by atoms with van der Waals surface area (Å²) >= 11 is 0. The van der Waals surface area contributed by atoms with Crippen molar-refractivity contribution < 1.29 is 4.92 Å². The Balaban J connectivity index is 1.86. The Morgan fingerprint density at radius 3 is 2.58 bits per heavy atom. The monoisotopic (exact) mass is 259 g/mol. The van der Waals surface area contributed by atoms with Gasteiger partial charge in [0.05, 0.1) is 17.2 Å². The number of hydrogen-bond acceptors (Lipinski definition) is 5. The first-order valence-corrected chi connectivity index (χ1v) is 5.86. The van der Waals surface area contributed by atoms with Gasteiger partial charge in [-0.2, -0.15) is 5.10 Å². The fourth-order valence-electron chi connectivity index (χ4n) is 2.39. The van der Waals surface area contributed by atoms with Crippen LogP contribution in [0.5, 0.6) is 0 Å². The number of aromatic nitrogens is 2. The molecule has 1 aliphatic heterocycles. The van der Waals surface area contributed by atoms with Crippen LogP contribution in [0.25, 0.3) is 0 Å². The maximum Gasteiger partial charge on any atom is 0.269 e. The quantitative estimate of drug-likeness (QED) is 0.650. The van der Waals surface area contributed by atoms with E-state index in [1.807, 2.05) is 7.05 Å². The zero-order valence-corrected chi connectivity index (χ0v) is 10.4. The van der Waals surface area contributed by atoms with E-state index in [1.54, 1.807) is 16.8 Å². The molecular formula is C12H13N5O2. The van der Waals surface area contributed by atoms with E-state index in [9.17, 15) is 10.1 Å². The second kappa shape index (κ2) is 3.98. The van der Waals surface area contributed by atoms with Crippen molar-refractivity contribution in [1.29, 1.82) is 0 Å². The lowest BCUT2D eigenvalue weighted by Gasteiger charge is -2.17. The first kappa shape index (κ1) is 11.5. The van der Waals surface area contributed by atoms with E-state index >= 15 is 0 Å². The molecule has 0 amide bonds. The molecule has 0 fully saturated rings. The van der Waals surface area contributed by atoms with Gasteiger partial charge in [0.25, 0.3) is 5.69 Å². The number of rotatable bonds is 2. The first-order valence-electron chi connectivity index (χ1n) is 5.86. The molecule has 0 saturated carbocycles. The molecule has 0 radical (unpaired) electrons. The predicted molar refractivity (Wildman–Crippen MR) is 70.6 cm³/mol. The number of benzene rings is 1. The Kier molecular flexibility index (Phi) is 2.41. The number of non-ortho nitro benzene ring substituents is 1. The maximum atomic E-state index is 10.6. The van der Waals surface area contributed by atoms with Crippen LogP contribution in [-0.2, 0) is 20.1 Å². The Bertz CT molecular complexity index is 620. The molecule has 7 nitrogen and oxygen atoms in total. The number of anilines is 2. The average Bonchev–Trinajstić information content (AvgIpc) is 2.93. The van der Waals surface area contributed by atoms with Crippen LogP contribution in [0.1, 0.15) is 11.3 Å². The van der Waals surface area contributed by atoms with Gasteiger partial charge < -0.3 is 10.6 Å². The lowest BCUT2D eigenvalue weighted by molar-refractivity contribution is -0.384. The van der Waals surface area contributed by atoms with E-state index in [0.717, 1.165) is 16.9 Å². The van der Waals surface area contributed by atoms with Gasteiger partial charge in [0, 0.05) is 37.0 Å². The summed E-state index contributed by atoms with van der Waals surface area (Å²) < 4.78 is 1.79. The van der Waals surface area contributed by atoms with Crippen LogP contribution in [-0.4, -0.2) is 14.7 Å². The van der Waals surface area contributed by atoms with Gasteiger partial charge in [0.15, 0.2) is 5.82 Å². The highest BCUT2D eigenvalue weighted by Crippen LogP contribution is 2.31. The summed E-state index contributed by atoms with van der Waals surface area (Å²) in [6.45, 7) is 1.40. The van der Waals surface area contributed by atoms with Gasteiger partial charge in [-0.3, -0.25) is 14.8 Å². The van der Waals surface area contributed by atoms with Crippen molar-refractivity contribution in [2.75, 3.05) is 10.6 Å².